The first-order chi connectivity index (χ1) is 6.31. The van der Waals surface area contributed by atoms with Gasteiger partial charge in [-0.1, -0.05) is 24.3 Å². The van der Waals surface area contributed by atoms with Crippen LogP contribution in [0.15, 0.2) is 24.3 Å². The van der Waals surface area contributed by atoms with Crippen molar-refractivity contribution in [3.8, 4) is 6.07 Å². The highest BCUT2D eigenvalue weighted by Gasteiger charge is 2.23. The molecule has 1 aromatic carbocycles. The molecule has 0 heterocycles. The van der Waals surface area contributed by atoms with Crippen LogP contribution in [0.3, 0.4) is 0 Å². The average molecular weight is 209 g/mol. The summed E-state index contributed by atoms with van der Waals surface area (Å²) in [6.07, 6.45) is 2.62. The molecule has 3 heteroatoms. The summed E-state index contributed by atoms with van der Waals surface area (Å²) < 4.78 is 0. The summed E-state index contributed by atoms with van der Waals surface area (Å²) in [5.74, 6) is 0.771. The van der Waals surface area contributed by atoms with Crippen LogP contribution in [0.2, 0.25) is 0 Å². The summed E-state index contributed by atoms with van der Waals surface area (Å²) in [7, 11) is 0. The van der Waals surface area contributed by atoms with Gasteiger partial charge in [-0.3, -0.25) is 0 Å². The number of halogens is 1. The second-order valence-corrected chi connectivity index (χ2v) is 3.55. The highest BCUT2D eigenvalue weighted by Crippen LogP contribution is 2.40. The van der Waals surface area contributed by atoms with Crippen molar-refractivity contribution in [1.82, 2.24) is 0 Å². The smallest absolute Gasteiger partial charge is 0.118 e. The van der Waals surface area contributed by atoms with Gasteiger partial charge in [0.1, 0.15) is 6.04 Å². The first kappa shape index (κ1) is 11.0. The van der Waals surface area contributed by atoms with Crippen LogP contribution >= 0.6 is 12.4 Å². The van der Waals surface area contributed by atoms with Crippen molar-refractivity contribution < 1.29 is 0 Å². The van der Waals surface area contributed by atoms with Crippen molar-refractivity contribution in [3.05, 3.63) is 35.4 Å². The van der Waals surface area contributed by atoms with Crippen LogP contribution in [0.4, 0.5) is 0 Å². The molecular formula is C11H13ClN2. The Bertz CT molecular complexity index is 335. The molecule has 0 radical (unpaired) electrons. The van der Waals surface area contributed by atoms with Crippen LogP contribution < -0.4 is 5.73 Å². The van der Waals surface area contributed by atoms with Crippen LogP contribution in [-0.4, -0.2) is 0 Å². The normalized spacial score (nSPS) is 16.6. The largest absolute Gasteiger partial charge is 0.312 e. The third kappa shape index (κ3) is 2.25. The number of hydrogen-bond donors (Lipinski definition) is 1. The Hall–Kier alpha value is -1.04. The lowest BCUT2D eigenvalue weighted by molar-refractivity contribution is 0.923. The van der Waals surface area contributed by atoms with Gasteiger partial charge in [-0.15, -0.1) is 12.4 Å². The second-order valence-electron chi connectivity index (χ2n) is 3.55. The molecule has 1 atom stereocenters. The number of benzene rings is 1. The lowest BCUT2D eigenvalue weighted by Gasteiger charge is -2.03. The summed E-state index contributed by atoms with van der Waals surface area (Å²) in [4.78, 5) is 0. The Kier molecular flexibility index (Phi) is 3.51. The van der Waals surface area contributed by atoms with E-state index >= 15 is 0 Å². The number of nitrogens with zero attached hydrogens (tertiary/aromatic N) is 1. The predicted octanol–water partition coefficient (Wildman–Crippen LogP) is 2.51. The van der Waals surface area contributed by atoms with Gasteiger partial charge in [0.05, 0.1) is 6.07 Å². The number of hydrogen-bond acceptors (Lipinski definition) is 2. The lowest BCUT2D eigenvalue weighted by Crippen LogP contribution is -2.06. The molecule has 1 saturated carbocycles. The molecule has 0 amide bonds. The van der Waals surface area contributed by atoms with E-state index in [2.05, 4.69) is 12.1 Å². The van der Waals surface area contributed by atoms with E-state index in [1.165, 1.54) is 18.4 Å². The molecular weight excluding hydrogens is 196 g/mol. The third-order valence-electron chi connectivity index (χ3n) is 2.48. The van der Waals surface area contributed by atoms with Crippen LogP contribution in [-0.2, 0) is 0 Å². The predicted molar refractivity (Wildman–Crippen MR) is 58.2 cm³/mol. The van der Waals surface area contributed by atoms with Gasteiger partial charge in [0.25, 0.3) is 0 Å². The Labute approximate surface area is 90.1 Å². The summed E-state index contributed by atoms with van der Waals surface area (Å²) in [6, 6.07) is 9.64. The summed E-state index contributed by atoms with van der Waals surface area (Å²) in [5, 5.41) is 8.60. The molecule has 1 fully saturated rings. The molecule has 1 aliphatic rings. The maximum atomic E-state index is 8.60. The minimum atomic E-state index is -0.478. The van der Waals surface area contributed by atoms with E-state index in [9.17, 15) is 0 Å². The van der Waals surface area contributed by atoms with Gasteiger partial charge >= 0.3 is 0 Å². The molecule has 1 unspecified atom stereocenters. The average Bonchev–Trinajstić information content (AvgIpc) is 3.00. The summed E-state index contributed by atoms with van der Waals surface area (Å²) in [6.45, 7) is 0. The molecule has 74 valence electrons. The molecule has 1 aliphatic carbocycles. The fourth-order valence-corrected chi connectivity index (χ4v) is 1.47. The van der Waals surface area contributed by atoms with E-state index in [0.29, 0.717) is 0 Å². The minimum Gasteiger partial charge on any atom is -0.312 e. The van der Waals surface area contributed by atoms with E-state index in [1.807, 2.05) is 18.2 Å². The molecule has 0 aromatic heterocycles. The van der Waals surface area contributed by atoms with Crippen LogP contribution in [0.25, 0.3) is 0 Å². The van der Waals surface area contributed by atoms with Crippen molar-refractivity contribution in [2.75, 3.05) is 0 Å². The van der Waals surface area contributed by atoms with Gasteiger partial charge in [0, 0.05) is 0 Å². The topological polar surface area (TPSA) is 49.8 Å². The molecule has 0 spiro atoms. The fraction of sp³-hybridized carbons (Fsp3) is 0.364. The van der Waals surface area contributed by atoms with Gasteiger partial charge in [-0.2, -0.15) is 5.26 Å². The maximum Gasteiger partial charge on any atom is 0.118 e. The molecule has 1 aromatic rings. The Morgan fingerprint density at radius 1 is 1.29 bits per heavy atom. The lowest BCUT2D eigenvalue weighted by atomic mass is 10.0. The standard InChI is InChI=1S/C11H12N2.ClH/c12-7-11(13)10-5-3-9(4-6-10)8-1-2-8;/h3-6,8,11H,1-2,13H2;1H. The van der Waals surface area contributed by atoms with Gasteiger partial charge in [0.15, 0.2) is 0 Å². The SMILES string of the molecule is Cl.N#CC(N)c1ccc(C2CC2)cc1. The van der Waals surface area contributed by atoms with Gasteiger partial charge in [0.2, 0.25) is 0 Å². The van der Waals surface area contributed by atoms with E-state index in [1.54, 1.807) is 0 Å². The number of rotatable bonds is 2. The van der Waals surface area contributed by atoms with E-state index in [-0.39, 0.29) is 12.4 Å². The van der Waals surface area contributed by atoms with Crippen molar-refractivity contribution in [3.63, 3.8) is 0 Å². The monoisotopic (exact) mass is 208 g/mol. The quantitative estimate of drug-likeness (QED) is 0.812. The maximum absolute atomic E-state index is 8.60. The zero-order valence-corrected chi connectivity index (χ0v) is 8.63. The van der Waals surface area contributed by atoms with Crippen LogP contribution in [0, 0.1) is 11.3 Å². The highest BCUT2D eigenvalue weighted by molar-refractivity contribution is 5.85. The molecule has 0 aliphatic heterocycles. The first-order valence-corrected chi connectivity index (χ1v) is 4.56. The summed E-state index contributed by atoms with van der Waals surface area (Å²) >= 11 is 0. The molecule has 2 nitrogen and oxygen atoms in total. The van der Waals surface area contributed by atoms with Gasteiger partial charge in [-0.25, -0.2) is 0 Å². The van der Waals surface area contributed by atoms with Gasteiger partial charge < -0.3 is 5.73 Å². The highest BCUT2D eigenvalue weighted by atomic mass is 35.5. The zero-order valence-electron chi connectivity index (χ0n) is 7.81. The number of nitriles is 1. The van der Waals surface area contributed by atoms with E-state index in [0.717, 1.165) is 11.5 Å². The van der Waals surface area contributed by atoms with Crippen LogP contribution in [0.1, 0.15) is 35.9 Å². The number of nitrogens with two attached hydrogens (primary N) is 1. The van der Waals surface area contributed by atoms with Crippen molar-refractivity contribution in [1.29, 1.82) is 5.26 Å². The Balaban J connectivity index is 0.000000980. The van der Waals surface area contributed by atoms with Crippen molar-refractivity contribution >= 4 is 12.4 Å². The zero-order chi connectivity index (χ0) is 9.26. The van der Waals surface area contributed by atoms with Gasteiger partial charge in [-0.05, 0) is 29.9 Å². The molecule has 0 bridgehead atoms. The summed E-state index contributed by atoms with van der Waals surface area (Å²) in [5.41, 5.74) is 7.87. The third-order valence-corrected chi connectivity index (χ3v) is 2.48. The van der Waals surface area contributed by atoms with E-state index < -0.39 is 6.04 Å². The molecule has 14 heavy (non-hydrogen) atoms. The molecule has 0 saturated heterocycles. The Morgan fingerprint density at radius 3 is 2.29 bits per heavy atom. The molecule has 2 rings (SSSR count). The van der Waals surface area contributed by atoms with E-state index in [4.69, 9.17) is 11.0 Å². The van der Waals surface area contributed by atoms with Crippen molar-refractivity contribution in [2.45, 2.75) is 24.8 Å². The Morgan fingerprint density at radius 2 is 1.86 bits per heavy atom. The molecule has 2 N–H and O–H groups in total. The van der Waals surface area contributed by atoms with Crippen LogP contribution in [0.5, 0.6) is 0 Å². The first-order valence-electron chi connectivity index (χ1n) is 4.56. The fourth-order valence-electron chi connectivity index (χ4n) is 1.47. The second kappa shape index (κ2) is 4.45. The minimum absolute atomic E-state index is 0. The van der Waals surface area contributed by atoms with Crippen molar-refractivity contribution in [2.24, 2.45) is 5.73 Å².